The maximum atomic E-state index is 12.6. The van der Waals surface area contributed by atoms with Gasteiger partial charge in [0.05, 0.1) is 39.4 Å². The van der Waals surface area contributed by atoms with E-state index >= 15 is 0 Å². The van der Waals surface area contributed by atoms with Crippen molar-refractivity contribution < 1.29 is 27.5 Å². The number of morpholine rings is 1. The number of nitrogens with one attached hydrogen (secondary N) is 1. The SMILES string of the molecule is Cc1nc(NC(=O)COC(=O)c2ccc(S(=O)(=O)N3CCOCC3)cc2)c(Cl)cc1Cl. The summed E-state index contributed by atoms with van der Waals surface area (Å²) in [5, 5.41) is 2.94. The van der Waals surface area contributed by atoms with Gasteiger partial charge in [0.1, 0.15) is 0 Å². The lowest BCUT2D eigenvalue weighted by Gasteiger charge is -2.26. The molecule has 1 amide bonds. The van der Waals surface area contributed by atoms with E-state index in [0.29, 0.717) is 23.9 Å². The van der Waals surface area contributed by atoms with Crippen LogP contribution in [0.5, 0.6) is 0 Å². The van der Waals surface area contributed by atoms with Gasteiger partial charge in [0.25, 0.3) is 5.91 Å². The number of hydrogen-bond acceptors (Lipinski definition) is 7. The summed E-state index contributed by atoms with van der Waals surface area (Å²) in [6.07, 6.45) is 0. The number of sulfonamides is 1. The number of hydrogen-bond donors (Lipinski definition) is 1. The molecule has 0 aliphatic carbocycles. The monoisotopic (exact) mass is 487 g/mol. The molecule has 0 radical (unpaired) electrons. The highest BCUT2D eigenvalue weighted by Crippen LogP contribution is 2.25. The molecule has 1 N–H and O–H groups in total. The third kappa shape index (κ3) is 5.72. The van der Waals surface area contributed by atoms with Crippen LogP contribution >= 0.6 is 23.2 Å². The Morgan fingerprint density at radius 1 is 1.16 bits per heavy atom. The summed E-state index contributed by atoms with van der Waals surface area (Å²) in [5.74, 6) is -1.32. The van der Waals surface area contributed by atoms with Crippen LogP contribution in [0.3, 0.4) is 0 Å². The number of amides is 1. The molecular weight excluding hydrogens is 469 g/mol. The number of halogens is 2. The van der Waals surface area contributed by atoms with E-state index in [1.54, 1.807) is 6.92 Å². The number of aromatic nitrogens is 1. The van der Waals surface area contributed by atoms with Crippen molar-refractivity contribution in [1.82, 2.24) is 9.29 Å². The van der Waals surface area contributed by atoms with Gasteiger partial charge >= 0.3 is 5.97 Å². The zero-order valence-electron chi connectivity index (χ0n) is 16.4. The lowest BCUT2D eigenvalue weighted by Crippen LogP contribution is -2.40. The van der Waals surface area contributed by atoms with Gasteiger partial charge in [-0.3, -0.25) is 4.79 Å². The van der Waals surface area contributed by atoms with E-state index < -0.39 is 28.5 Å². The Morgan fingerprint density at radius 2 is 1.81 bits per heavy atom. The number of nitrogens with zero attached hydrogens (tertiary/aromatic N) is 2. The molecule has 1 aromatic heterocycles. The summed E-state index contributed by atoms with van der Waals surface area (Å²) in [6, 6.07) is 6.74. The summed E-state index contributed by atoms with van der Waals surface area (Å²) < 4.78 is 36.7. The smallest absolute Gasteiger partial charge is 0.338 e. The Kier molecular flexibility index (Phi) is 7.50. The van der Waals surface area contributed by atoms with E-state index in [4.69, 9.17) is 32.7 Å². The normalized spacial score (nSPS) is 14.8. The summed E-state index contributed by atoms with van der Waals surface area (Å²) in [6.45, 7) is 2.29. The fraction of sp³-hybridized carbons (Fsp3) is 0.316. The number of carbonyl (C=O) groups excluding carboxylic acids is 2. The van der Waals surface area contributed by atoms with Gasteiger partial charge in [-0.25, -0.2) is 18.2 Å². The zero-order valence-corrected chi connectivity index (χ0v) is 18.8. The maximum absolute atomic E-state index is 12.6. The van der Waals surface area contributed by atoms with Gasteiger partial charge in [-0.1, -0.05) is 23.2 Å². The van der Waals surface area contributed by atoms with E-state index in [-0.39, 0.29) is 34.4 Å². The number of aryl methyl sites for hydroxylation is 1. The molecule has 0 atom stereocenters. The van der Waals surface area contributed by atoms with Crippen LogP contribution in [-0.4, -0.2) is 62.5 Å². The standard InChI is InChI=1S/C19H19Cl2N3O6S/c1-12-15(20)10-16(21)18(22-12)23-17(25)11-30-19(26)13-2-4-14(5-3-13)31(27,28)24-6-8-29-9-7-24/h2-5,10H,6-9,11H2,1H3,(H,22,23,25). The van der Waals surface area contributed by atoms with Crippen LogP contribution in [0.15, 0.2) is 35.2 Å². The molecule has 1 saturated heterocycles. The molecule has 3 rings (SSSR count). The number of ether oxygens (including phenoxy) is 2. The molecule has 1 aliphatic rings. The Balaban J connectivity index is 1.58. The molecule has 1 fully saturated rings. The van der Waals surface area contributed by atoms with Crippen molar-refractivity contribution in [3.05, 3.63) is 51.6 Å². The van der Waals surface area contributed by atoms with E-state index in [0.717, 1.165) is 0 Å². The van der Waals surface area contributed by atoms with Crippen molar-refractivity contribution in [2.75, 3.05) is 38.2 Å². The molecule has 2 heterocycles. The first-order valence-electron chi connectivity index (χ1n) is 9.16. The fourth-order valence-electron chi connectivity index (χ4n) is 2.73. The minimum absolute atomic E-state index is 0.0579. The number of esters is 1. The zero-order chi connectivity index (χ0) is 22.6. The van der Waals surface area contributed by atoms with Gasteiger partial charge in [-0.15, -0.1) is 0 Å². The van der Waals surface area contributed by atoms with Crippen molar-refractivity contribution in [3.8, 4) is 0 Å². The van der Waals surface area contributed by atoms with Crippen LogP contribution in [0.2, 0.25) is 10.0 Å². The predicted molar refractivity (Wildman–Crippen MR) is 114 cm³/mol. The molecule has 0 unspecified atom stereocenters. The predicted octanol–water partition coefficient (Wildman–Crippen LogP) is 2.51. The second-order valence-electron chi connectivity index (χ2n) is 6.55. The van der Waals surface area contributed by atoms with Crippen LogP contribution in [-0.2, 0) is 24.3 Å². The molecule has 0 spiro atoms. The molecule has 166 valence electrons. The summed E-state index contributed by atoms with van der Waals surface area (Å²) in [5.41, 5.74) is 0.581. The molecule has 2 aromatic rings. The van der Waals surface area contributed by atoms with Gasteiger partial charge in [-0.2, -0.15) is 4.31 Å². The third-order valence-electron chi connectivity index (χ3n) is 4.39. The Morgan fingerprint density at radius 3 is 2.45 bits per heavy atom. The molecule has 0 bridgehead atoms. The van der Waals surface area contributed by atoms with E-state index in [1.807, 2.05) is 0 Å². The maximum Gasteiger partial charge on any atom is 0.338 e. The van der Waals surface area contributed by atoms with Gasteiger partial charge in [-0.05, 0) is 37.3 Å². The first kappa shape index (κ1) is 23.4. The topological polar surface area (TPSA) is 115 Å². The third-order valence-corrected chi connectivity index (χ3v) is 6.98. The number of anilines is 1. The quantitative estimate of drug-likeness (QED) is 0.622. The molecular formula is C19H19Cl2N3O6S. The lowest BCUT2D eigenvalue weighted by atomic mass is 10.2. The molecule has 9 nitrogen and oxygen atoms in total. The Bertz CT molecular complexity index is 1090. The van der Waals surface area contributed by atoms with E-state index in [9.17, 15) is 18.0 Å². The second-order valence-corrected chi connectivity index (χ2v) is 9.30. The Labute approximate surface area is 189 Å². The Hall–Kier alpha value is -2.24. The second kappa shape index (κ2) is 9.92. The minimum atomic E-state index is -3.67. The number of benzene rings is 1. The van der Waals surface area contributed by atoms with Crippen molar-refractivity contribution >= 4 is 50.9 Å². The van der Waals surface area contributed by atoms with Crippen LogP contribution in [0.1, 0.15) is 16.1 Å². The highest BCUT2D eigenvalue weighted by Gasteiger charge is 2.26. The van der Waals surface area contributed by atoms with Crippen LogP contribution in [0, 0.1) is 6.92 Å². The van der Waals surface area contributed by atoms with Gasteiger partial charge in [0.15, 0.2) is 12.4 Å². The molecule has 12 heteroatoms. The van der Waals surface area contributed by atoms with Crippen molar-refractivity contribution in [2.24, 2.45) is 0 Å². The van der Waals surface area contributed by atoms with Crippen molar-refractivity contribution in [3.63, 3.8) is 0 Å². The van der Waals surface area contributed by atoms with Gasteiger partial charge in [0.2, 0.25) is 10.0 Å². The largest absolute Gasteiger partial charge is 0.452 e. The van der Waals surface area contributed by atoms with Gasteiger partial charge < -0.3 is 14.8 Å². The van der Waals surface area contributed by atoms with Gasteiger partial charge in [0, 0.05) is 13.1 Å². The van der Waals surface area contributed by atoms with Crippen LogP contribution < -0.4 is 5.32 Å². The summed E-state index contributed by atoms with van der Waals surface area (Å²) in [7, 11) is -3.67. The fourth-order valence-corrected chi connectivity index (χ4v) is 4.54. The first-order valence-corrected chi connectivity index (χ1v) is 11.4. The molecule has 31 heavy (non-hydrogen) atoms. The minimum Gasteiger partial charge on any atom is -0.452 e. The van der Waals surface area contributed by atoms with Crippen LogP contribution in [0.25, 0.3) is 0 Å². The van der Waals surface area contributed by atoms with Crippen molar-refractivity contribution in [2.45, 2.75) is 11.8 Å². The highest BCUT2D eigenvalue weighted by atomic mass is 35.5. The number of carbonyl (C=O) groups is 2. The molecule has 1 aromatic carbocycles. The number of rotatable bonds is 6. The summed E-state index contributed by atoms with van der Waals surface area (Å²) in [4.78, 5) is 28.4. The van der Waals surface area contributed by atoms with E-state index in [1.165, 1.54) is 34.6 Å². The first-order chi connectivity index (χ1) is 14.7. The van der Waals surface area contributed by atoms with Crippen LogP contribution in [0.4, 0.5) is 5.82 Å². The molecule has 1 aliphatic heterocycles. The molecule has 0 saturated carbocycles. The average Bonchev–Trinajstić information content (AvgIpc) is 2.76. The number of pyridine rings is 1. The van der Waals surface area contributed by atoms with E-state index in [2.05, 4.69) is 10.3 Å². The average molecular weight is 488 g/mol. The van der Waals surface area contributed by atoms with Crippen molar-refractivity contribution in [1.29, 1.82) is 0 Å². The highest BCUT2D eigenvalue weighted by molar-refractivity contribution is 7.89. The summed E-state index contributed by atoms with van der Waals surface area (Å²) >= 11 is 11.9. The lowest BCUT2D eigenvalue weighted by molar-refractivity contribution is -0.119.